The molecule has 152 valence electrons. The Hall–Kier alpha value is -3.23. The molecule has 1 atom stereocenters. The first-order chi connectivity index (χ1) is 14.0. The number of rotatable bonds is 3. The molecule has 1 aliphatic rings. The number of carbonyl (C=O) groups excluding carboxylic acids is 1. The summed E-state index contributed by atoms with van der Waals surface area (Å²) in [5, 5.41) is 10.9. The molecular formula is C20H23FN6O2. The summed E-state index contributed by atoms with van der Waals surface area (Å²) in [6, 6.07) is 3.94. The molecule has 4 rings (SSSR count). The van der Waals surface area contributed by atoms with Gasteiger partial charge in [-0.15, -0.1) is 0 Å². The van der Waals surface area contributed by atoms with Crippen LogP contribution in [-0.2, 0) is 7.05 Å². The normalized spacial score (nSPS) is 17.2. The molecule has 1 N–H and O–H groups in total. The Bertz CT molecular complexity index is 1010. The molecule has 1 unspecified atom stereocenters. The Labute approximate surface area is 167 Å². The highest BCUT2D eigenvalue weighted by molar-refractivity contribution is 5.89. The summed E-state index contributed by atoms with van der Waals surface area (Å²) in [5.41, 5.74) is 1.76. The number of aryl methyl sites for hydroxylation is 2. The van der Waals surface area contributed by atoms with Crippen molar-refractivity contribution in [1.82, 2.24) is 24.8 Å². The standard InChI is InChI=1S/C20H23FN6O2/c1-13-7-8-15(21)16(10-13)23-20(28)27-9-5-3-4-6-17(27)18-24-19(29-25-18)14-11-22-26(2)12-14/h7-8,10-12,17H,3-6,9H2,1-2H3,(H,23,28). The number of hydrogen-bond acceptors (Lipinski definition) is 5. The fourth-order valence-corrected chi connectivity index (χ4v) is 3.56. The first kappa shape index (κ1) is 19.1. The maximum Gasteiger partial charge on any atom is 0.322 e. The predicted molar refractivity (Wildman–Crippen MR) is 105 cm³/mol. The van der Waals surface area contributed by atoms with Crippen molar-refractivity contribution in [2.45, 2.75) is 38.6 Å². The molecule has 0 saturated carbocycles. The van der Waals surface area contributed by atoms with E-state index in [9.17, 15) is 9.18 Å². The molecule has 1 fully saturated rings. The van der Waals surface area contributed by atoms with Crippen LogP contribution in [0, 0.1) is 12.7 Å². The summed E-state index contributed by atoms with van der Waals surface area (Å²) in [4.78, 5) is 19.2. The summed E-state index contributed by atoms with van der Waals surface area (Å²) in [6.45, 7) is 2.39. The molecule has 2 aromatic heterocycles. The molecular weight excluding hydrogens is 375 g/mol. The Kier molecular flexibility index (Phi) is 5.28. The van der Waals surface area contributed by atoms with Gasteiger partial charge >= 0.3 is 6.03 Å². The lowest BCUT2D eigenvalue weighted by Crippen LogP contribution is -2.38. The number of hydrogen-bond donors (Lipinski definition) is 1. The maximum atomic E-state index is 14.1. The zero-order valence-electron chi connectivity index (χ0n) is 16.4. The number of anilines is 1. The quantitative estimate of drug-likeness (QED) is 0.718. The fraction of sp³-hybridized carbons (Fsp3) is 0.400. The van der Waals surface area contributed by atoms with Crippen LogP contribution in [0.3, 0.4) is 0 Å². The van der Waals surface area contributed by atoms with Crippen molar-refractivity contribution in [3.05, 3.63) is 47.8 Å². The third-order valence-corrected chi connectivity index (χ3v) is 5.07. The lowest BCUT2D eigenvalue weighted by Gasteiger charge is -2.28. The van der Waals surface area contributed by atoms with Gasteiger partial charge in [-0.25, -0.2) is 9.18 Å². The Morgan fingerprint density at radius 1 is 1.31 bits per heavy atom. The summed E-state index contributed by atoms with van der Waals surface area (Å²) < 4.78 is 21.2. The molecule has 0 bridgehead atoms. The van der Waals surface area contributed by atoms with Crippen molar-refractivity contribution >= 4 is 11.7 Å². The number of halogens is 1. The van der Waals surface area contributed by atoms with Gasteiger partial charge < -0.3 is 14.7 Å². The van der Waals surface area contributed by atoms with Crippen LogP contribution >= 0.6 is 0 Å². The smallest absolute Gasteiger partial charge is 0.322 e. The second kappa shape index (κ2) is 8.02. The van der Waals surface area contributed by atoms with Crippen molar-refractivity contribution < 1.29 is 13.7 Å². The second-order valence-electron chi connectivity index (χ2n) is 7.33. The average Bonchev–Trinajstić information content (AvgIpc) is 3.27. The first-order valence-corrected chi connectivity index (χ1v) is 9.67. The molecule has 9 heteroatoms. The SMILES string of the molecule is Cc1ccc(F)c(NC(=O)N2CCCCCC2c2noc(-c3cnn(C)c3)n2)c1. The van der Waals surface area contributed by atoms with Crippen LogP contribution in [0.4, 0.5) is 14.9 Å². The van der Waals surface area contributed by atoms with Gasteiger partial charge in [-0.1, -0.05) is 24.1 Å². The third kappa shape index (κ3) is 4.13. The van der Waals surface area contributed by atoms with E-state index in [2.05, 4.69) is 20.6 Å². The fourth-order valence-electron chi connectivity index (χ4n) is 3.56. The third-order valence-electron chi connectivity index (χ3n) is 5.07. The molecule has 3 aromatic rings. The highest BCUT2D eigenvalue weighted by Crippen LogP contribution is 2.31. The van der Waals surface area contributed by atoms with E-state index in [-0.39, 0.29) is 17.8 Å². The van der Waals surface area contributed by atoms with Crippen molar-refractivity contribution in [1.29, 1.82) is 0 Å². The van der Waals surface area contributed by atoms with Crippen molar-refractivity contribution in [3.63, 3.8) is 0 Å². The number of nitrogens with one attached hydrogen (secondary N) is 1. The van der Waals surface area contributed by atoms with Gasteiger partial charge in [0.2, 0.25) is 0 Å². The van der Waals surface area contributed by atoms with Crippen LogP contribution in [0.15, 0.2) is 35.1 Å². The Balaban J connectivity index is 1.58. The van der Waals surface area contributed by atoms with E-state index in [0.29, 0.717) is 18.3 Å². The van der Waals surface area contributed by atoms with E-state index < -0.39 is 5.82 Å². The zero-order valence-corrected chi connectivity index (χ0v) is 16.4. The van der Waals surface area contributed by atoms with E-state index in [4.69, 9.17) is 4.52 Å². The summed E-state index contributed by atoms with van der Waals surface area (Å²) >= 11 is 0. The van der Waals surface area contributed by atoms with Gasteiger partial charge in [-0.3, -0.25) is 4.68 Å². The van der Waals surface area contributed by atoms with Crippen LogP contribution in [0.5, 0.6) is 0 Å². The number of nitrogens with zero attached hydrogens (tertiary/aromatic N) is 5. The molecule has 29 heavy (non-hydrogen) atoms. The topological polar surface area (TPSA) is 89.1 Å². The van der Waals surface area contributed by atoms with E-state index in [1.165, 1.54) is 6.07 Å². The number of aromatic nitrogens is 4. The largest absolute Gasteiger partial charge is 0.334 e. The van der Waals surface area contributed by atoms with Crippen molar-refractivity contribution in [2.24, 2.45) is 7.05 Å². The van der Waals surface area contributed by atoms with Crippen LogP contribution in [-0.4, -0.2) is 37.4 Å². The van der Waals surface area contributed by atoms with Crippen LogP contribution in [0.2, 0.25) is 0 Å². The van der Waals surface area contributed by atoms with Crippen molar-refractivity contribution in [3.8, 4) is 11.5 Å². The first-order valence-electron chi connectivity index (χ1n) is 9.67. The maximum absolute atomic E-state index is 14.1. The average molecular weight is 398 g/mol. The van der Waals surface area contributed by atoms with Crippen molar-refractivity contribution in [2.75, 3.05) is 11.9 Å². The monoisotopic (exact) mass is 398 g/mol. The highest BCUT2D eigenvalue weighted by Gasteiger charge is 2.31. The Morgan fingerprint density at radius 3 is 2.97 bits per heavy atom. The molecule has 0 spiro atoms. The van der Waals surface area contributed by atoms with Gasteiger partial charge in [0.25, 0.3) is 5.89 Å². The van der Waals surface area contributed by atoms with E-state index in [1.54, 1.807) is 34.1 Å². The highest BCUT2D eigenvalue weighted by atomic mass is 19.1. The van der Waals surface area contributed by atoms with Gasteiger partial charge in [0.15, 0.2) is 5.82 Å². The van der Waals surface area contributed by atoms with E-state index in [0.717, 1.165) is 36.8 Å². The molecule has 3 heterocycles. The summed E-state index contributed by atoms with van der Waals surface area (Å²) in [5.74, 6) is 0.349. The number of likely N-dealkylation sites (tertiary alicyclic amines) is 1. The number of benzene rings is 1. The Morgan fingerprint density at radius 2 is 2.17 bits per heavy atom. The van der Waals surface area contributed by atoms with E-state index in [1.807, 2.05) is 14.0 Å². The summed E-state index contributed by atoms with van der Waals surface area (Å²) in [6.07, 6.45) is 6.98. The lowest BCUT2D eigenvalue weighted by molar-refractivity contribution is 0.184. The molecule has 0 aliphatic carbocycles. The minimum atomic E-state index is -0.464. The number of urea groups is 1. The second-order valence-corrected chi connectivity index (χ2v) is 7.33. The minimum Gasteiger partial charge on any atom is -0.334 e. The van der Waals surface area contributed by atoms with Gasteiger partial charge in [-0.2, -0.15) is 10.1 Å². The molecule has 1 aromatic carbocycles. The van der Waals surface area contributed by atoms with E-state index >= 15 is 0 Å². The van der Waals surface area contributed by atoms with Crippen LogP contribution in [0.1, 0.15) is 43.1 Å². The van der Waals surface area contributed by atoms with Crippen LogP contribution < -0.4 is 5.32 Å². The molecule has 1 saturated heterocycles. The van der Waals surface area contributed by atoms with Gasteiger partial charge in [0.1, 0.15) is 5.82 Å². The molecule has 2 amide bonds. The summed E-state index contributed by atoms with van der Waals surface area (Å²) in [7, 11) is 1.81. The number of amides is 2. The molecule has 1 aliphatic heterocycles. The van der Waals surface area contributed by atoms with Gasteiger partial charge in [0.05, 0.1) is 23.5 Å². The lowest BCUT2D eigenvalue weighted by atomic mass is 10.1. The van der Waals surface area contributed by atoms with Gasteiger partial charge in [-0.05, 0) is 37.5 Å². The zero-order chi connectivity index (χ0) is 20.4. The molecule has 0 radical (unpaired) electrons. The molecule has 8 nitrogen and oxygen atoms in total. The number of carbonyl (C=O) groups is 1. The minimum absolute atomic E-state index is 0.169. The van der Waals surface area contributed by atoms with Crippen LogP contribution in [0.25, 0.3) is 11.5 Å². The van der Waals surface area contributed by atoms with Gasteiger partial charge in [0, 0.05) is 19.8 Å². The predicted octanol–water partition coefficient (Wildman–Crippen LogP) is 4.07.